The summed E-state index contributed by atoms with van der Waals surface area (Å²) in [5, 5.41) is 3.51. The number of nitrogens with zero attached hydrogens (tertiary/aromatic N) is 2. The van der Waals surface area contributed by atoms with Crippen molar-refractivity contribution in [2.24, 2.45) is 0 Å². The number of hydrogen-bond donors (Lipinski definition) is 1. The molecule has 1 aliphatic rings. The van der Waals surface area contributed by atoms with Crippen LogP contribution in [0.4, 0.5) is 0 Å². The molecule has 7 heteroatoms. The number of rotatable bonds is 5. The summed E-state index contributed by atoms with van der Waals surface area (Å²) in [6, 6.07) is 6.67. The maximum Gasteiger partial charge on any atom is 0.226 e. The standard InChI is InChI=1S/C19H27N3O3.ClH/c1-12-10-22(13(2)9-20-12)11-16-14(3)25-19(21-16)15-6-7-17(23-4)18(8-15)24-5;/h6-8,12-13,20H,9-11H2,1-5H3;1H/t12-,13+;/m1./s1. The van der Waals surface area contributed by atoms with Crippen LogP contribution in [0.3, 0.4) is 0 Å². The second-order valence-electron chi connectivity index (χ2n) is 6.68. The summed E-state index contributed by atoms with van der Waals surface area (Å²) >= 11 is 0. The quantitative estimate of drug-likeness (QED) is 0.857. The van der Waals surface area contributed by atoms with E-state index in [1.165, 1.54) is 0 Å². The van der Waals surface area contributed by atoms with Crippen LogP contribution < -0.4 is 14.8 Å². The molecule has 0 unspecified atom stereocenters. The summed E-state index contributed by atoms with van der Waals surface area (Å²) in [5.74, 6) is 2.84. The van der Waals surface area contributed by atoms with Crippen molar-refractivity contribution in [2.45, 2.75) is 39.4 Å². The number of piperazine rings is 1. The third-order valence-corrected chi connectivity index (χ3v) is 4.77. The summed E-state index contributed by atoms with van der Waals surface area (Å²) in [6.07, 6.45) is 0. The Bertz CT molecular complexity index is 735. The Balaban J connectivity index is 0.00000243. The van der Waals surface area contributed by atoms with E-state index < -0.39 is 0 Å². The minimum Gasteiger partial charge on any atom is -0.493 e. The van der Waals surface area contributed by atoms with Crippen LogP contribution >= 0.6 is 12.4 Å². The third-order valence-electron chi connectivity index (χ3n) is 4.77. The van der Waals surface area contributed by atoms with E-state index in [0.29, 0.717) is 29.5 Å². The lowest BCUT2D eigenvalue weighted by molar-refractivity contribution is 0.137. The molecule has 2 aromatic rings. The molecule has 1 fully saturated rings. The number of aryl methyl sites for hydroxylation is 1. The highest BCUT2D eigenvalue weighted by atomic mass is 35.5. The predicted octanol–water partition coefficient (Wildman–Crippen LogP) is 3.27. The normalized spacial score (nSPS) is 20.5. The maximum atomic E-state index is 5.93. The molecule has 2 atom stereocenters. The van der Waals surface area contributed by atoms with Crippen molar-refractivity contribution >= 4 is 12.4 Å². The topological polar surface area (TPSA) is 59.8 Å². The molecule has 26 heavy (non-hydrogen) atoms. The summed E-state index contributed by atoms with van der Waals surface area (Å²) in [6.45, 7) is 9.24. The van der Waals surface area contributed by atoms with Gasteiger partial charge in [0.2, 0.25) is 5.89 Å². The van der Waals surface area contributed by atoms with E-state index in [4.69, 9.17) is 18.9 Å². The molecule has 0 spiro atoms. The number of methoxy groups -OCH3 is 2. The molecule has 144 valence electrons. The Kier molecular flexibility index (Phi) is 6.92. The highest BCUT2D eigenvalue weighted by molar-refractivity contribution is 5.85. The summed E-state index contributed by atoms with van der Waals surface area (Å²) < 4.78 is 16.6. The minimum atomic E-state index is 0. The zero-order chi connectivity index (χ0) is 18.0. The molecule has 3 rings (SSSR count). The lowest BCUT2D eigenvalue weighted by Crippen LogP contribution is -2.53. The van der Waals surface area contributed by atoms with Crippen molar-refractivity contribution in [1.29, 1.82) is 0 Å². The van der Waals surface area contributed by atoms with Crippen LogP contribution in [0, 0.1) is 6.92 Å². The van der Waals surface area contributed by atoms with Crippen LogP contribution in [0.25, 0.3) is 11.5 Å². The average Bonchev–Trinajstić information content (AvgIpc) is 2.98. The van der Waals surface area contributed by atoms with Crippen LogP contribution in [0.2, 0.25) is 0 Å². The molecule has 1 N–H and O–H groups in total. The van der Waals surface area contributed by atoms with E-state index in [2.05, 4.69) is 24.1 Å². The molecule has 0 radical (unpaired) electrons. The predicted molar refractivity (Wildman–Crippen MR) is 104 cm³/mol. The van der Waals surface area contributed by atoms with Crippen molar-refractivity contribution in [3.63, 3.8) is 0 Å². The van der Waals surface area contributed by atoms with Crippen molar-refractivity contribution in [3.8, 4) is 23.0 Å². The van der Waals surface area contributed by atoms with E-state index >= 15 is 0 Å². The molecule has 1 saturated heterocycles. The fourth-order valence-electron chi connectivity index (χ4n) is 3.18. The van der Waals surface area contributed by atoms with Gasteiger partial charge in [-0.3, -0.25) is 4.90 Å². The third kappa shape index (κ3) is 4.31. The minimum absolute atomic E-state index is 0. The molecular weight excluding hydrogens is 354 g/mol. The molecule has 0 bridgehead atoms. The highest BCUT2D eigenvalue weighted by Crippen LogP contribution is 2.32. The first-order valence-electron chi connectivity index (χ1n) is 8.68. The Labute approximate surface area is 161 Å². The van der Waals surface area contributed by atoms with Crippen molar-refractivity contribution in [2.75, 3.05) is 27.3 Å². The van der Waals surface area contributed by atoms with Gasteiger partial charge in [-0.05, 0) is 39.0 Å². The van der Waals surface area contributed by atoms with Gasteiger partial charge in [-0.25, -0.2) is 4.98 Å². The van der Waals surface area contributed by atoms with E-state index in [-0.39, 0.29) is 12.4 Å². The van der Waals surface area contributed by atoms with Gasteiger partial charge in [0.05, 0.1) is 19.9 Å². The second-order valence-corrected chi connectivity index (χ2v) is 6.68. The first kappa shape index (κ1) is 20.6. The number of ether oxygens (including phenoxy) is 2. The fourth-order valence-corrected chi connectivity index (χ4v) is 3.18. The Morgan fingerprint density at radius 1 is 1.23 bits per heavy atom. The van der Waals surface area contributed by atoms with E-state index in [9.17, 15) is 0 Å². The van der Waals surface area contributed by atoms with E-state index in [0.717, 1.165) is 36.7 Å². The number of halogens is 1. The summed E-state index contributed by atoms with van der Waals surface area (Å²) in [7, 11) is 3.25. The van der Waals surface area contributed by atoms with Gasteiger partial charge in [0.15, 0.2) is 11.5 Å². The molecule has 2 heterocycles. The molecule has 6 nitrogen and oxygen atoms in total. The van der Waals surface area contributed by atoms with Gasteiger partial charge in [-0.2, -0.15) is 0 Å². The van der Waals surface area contributed by atoms with Gasteiger partial charge in [0, 0.05) is 37.3 Å². The Hall–Kier alpha value is -1.76. The average molecular weight is 382 g/mol. The van der Waals surface area contributed by atoms with Gasteiger partial charge in [0.25, 0.3) is 0 Å². The monoisotopic (exact) mass is 381 g/mol. The molecule has 1 aromatic heterocycles. The number of aromatic nitrogens is 1. The number of nitrogens with one attached hydrogen (secondary N) is 1. The Morgan fingerprint density at radius 3 is 2.65 bits per heavy atom. The maximum absolute atomic E-state index is 5.93. The zero-order valence-corrected chi connectivity index (χ0v) is 16.9. The van der Waals surface area contributed by atoms with Crippen molar-refractivity contribution in [3.05, 3.63) is 29.7 Å². The summed E-state index contributed by atoms with van der Waals surface area (Å²) in [5.41, 5.74) is 1.87. The van der Waals surface area contributed by atoms with E-state index in [1.807, 2.05) is 25.1 Å². The summed E-state index contributed by atoms with van der Waals surface area (Å²) in [4.78, 5) is 7.19. The van der Waals surface area contributed by atoms with Crippen molar-refractivity contribution < 1.29 is 13.9 Å². The molecule has 1 aliphatic heterocycles. The van der Waals surface area contributed by atoms with E-state index in [1.54, 1.807) is 14.2 Å². The fraction of sp³-hybridized carbons (Fsp3) is 0.526. The Morgan fingerprint density at radius 2 is 1.96 bits per heavy atom. The number of oxazole rings is 1. The molecule has 1 aromatic carbocycles. The van der Waals surface area contributed by atoms with Gasteiger partial charge in [0.1, 0.15) is 5.76 Å². The van der Waals surface area contributed by atoms with Crippen LogP contribution in [-0.2, 0) is 6.54 Å². The van der Waals surface area contributed by atoms with Gasteiger partial charge in [-0.1, -0.05) is 0 Å². The SMILES string of the molecule is COc1ccc(-c2nc(CN3C[C@@H](C)NC[C@@H]3C)c(C)o2)cc1OC.Cl. The lowest BCUT2D eigenvalue weighted by Gasteiger charge is -2.37. The zero-order valence-electron chi connectivity index (χ0n) is 16.0. The van der Waals surface area contributed by atoms with Crippen LogP contribution in [0.1, 0.15) is 25.3 Å². The molecule has 0 saturated carbocycles. The molecule has 0 aliphatic carbocycles. The first-order chi connectivity index (χ1) is 12.0. The first-order valence-corrected chi connectivity index (χ1v) is 8.68. The van der Waals surface area contributed by atoms with Crippen LogP contribution in [0.5, 0.6) is 11.5 Å². The second kappa shape index (κ2) is 8.75. The van der Waals surface area contributed by atoms with Crippen LogP contribution in [-0.4, -0.2) is 49.3 Å². The van der Waals surface area contributed by atoms with Gasteiger partial charge >= 0.3 is 0 Å². The largest absolute Gasteiger partial charge is 0.493 e. The number of hydrogen-bond acceptors (Lipinski definition) is 6. The number of benzene rings is 1. The van der Waals surface area contributed by atoms with Gasteiger partial charge < -0.3 is 19.2 Å². The molecular formula is C19H28ClN3O3. The van der Waals surface area contributed by atoms with Crippen molar-refractivity contribution in [1.82, 2.24) is 15.2 Å². The molecule has 0 amide bonds. The lowest BCUT2D eigenvalue weighted by atomic mass is 10.1. The smallest absolute Gasteiger partial charge is 0.226 e. The van der Waals surface area contributed by atoms with Crippen LogP contribution in [0.15, 0.2) is 22.6 Å². The van der Waals surface area contributed by atoms with Gasteiger partial charge in [-0.15, -0.1) is 12.4 Å². The highest BCUT2D eigenvalue weighted by Gasteiger charge is 2.24.